The molecule has 0 aliphatic heterocycles. The molecule has 0 radical (unpaired) electrons. The topological polar surface area (TPSA) is 29.3 Å². The van der Waals surface area contributed by atoms with Gasteiger partial charge >= 0.3 is 0 Å². The molecule has 1 aliphatic carbocycles. The third-order valence-corrected chi connectivity index (χ3v) is 5.09. The Bertz CT molecular complexity index is 424. The zero-order valence-electron chi connectivity index (χ0n) is 14.2. The lowest BCUT2D eigenvalue weighted by Gasteiger charge is -2.46. The summed E-state index contributed by atoms with van der Waals surface area (Å²) < 4.78 is 0. The van der Waals surface area contributed by atoms with Gasteiger partial charge in [-0.25, -0.2) is 0 Å². The lowest BCUT2D eigenvalue weighted by molar-refractivity contribution is 0.0381. The second-order valence-electron chi connectivity index (χ2n) is 7.07. The molecule has 0 aromatic heterocycles. The van der Waals surface area contributed by atoms with Gasteiger partial charge in [0.05, 0.1) is 0 Å². The zero-order chi connectivity index (χ0) is 15.5. The van der Waals surface area contributed by atoms with E-state index < -0.39 is 0 Å². The average Bonchev–Trinajstić information content (AvgIpc) is 2.86. The van der Waals surface area contributed by atoms with E-state index in [1.165, 1.54) is 24.0 Å². The summed E-state index contributed by atoms with van der Waals surface area (Å²) in [6.45, 7) is 11.2. The van der Waals surface area contributed by atoms with Gasteiger partial charge in [0.15, 0.2) is 0 Å². The predicted molar refractivity (Wildman–Crippen MR) is 91.5 cm³/mol. The molecule has 0 spiro atoms. The van der Waals surface area contributed by atoms with E-state index in [2.05, 4.69) is 56.9 Å². The fraction of sp³-hybridized carbons (Fsp3) is 0.684. The van der Waals surface area contributed by atoms with Gasteiger partial charge in [0.2, 0.25) is 0 Å². The number of benzene rings is 1. The van der Waals surface area contributed by atoms with Gasteiger partial charge in [0, 0.05) is 24.7 Å². The normalized spacial score (nSPS) is 17.0. The summed E-state index contributed by atoms with van der Waals surface area (Å²) in [5.74, 6) is 0.678. The first-order valence-corrected chi connectivity index (χ1v) is 8.60. The van der Waals surface area contributed by atoms with E-state index in [4.69, 9.17) is 5.73 Å². The Morgan fingerprint density at radius 3 is 2.00 bits per heavy atom. The van der Waals surface area contributed by atoms with Crippen molar-refractivity contribution in [2.45, 2.75) is 65.0 Å². The van der Waals surface area contributed by atoms with Crippen LogP contribution >= 0.6 is 0 Å². The summed E-state index contributed by atoms with van der Waals surface area (Å²) in [5, 5.41) is 0. The van der Waals surface area contributed by atoms with Crippen molar-refractivity contribution >= 4 is 0 Å². The van der Waals surface area contributed by atoms with Crippen molar-refractivity contribution in [1.82, 2.24) is 4.90 Å². The van der Waals surface area contributed by atoms with Crippen molar-refractivity contribution in [3.05, 3.63) is 35.4 Å². The lowest BCUT2D eigenvalue weighted by Crippen LogP contribution is -2.59. The summed E-state index contributed by atoms with van der Waals surface area (Å²) in [4.78, 5) is 2.75. The van der Waals surface area contributed by atoms with Crippen LogP contribution in [0.15, 0.2) is 24.3 Å². The molecule has 2 rings (SSSR count). The monoisotopic (exact) mass is 288 g/mol. The average molecular weight is 288 g/mol. The summed E-state index contributed by atoms with van der Waals surface area (Å²) in [6, 6.07) is 9.54. The third-order valence-electron chi connectivity index (χ3n) is 5.09. The Hall–Kier alpha value is -0.860. The molecule has 0 atom stereocenters. The van der Waals surface area contributed by atoms with Crippen LogP contribution in [0.4, 0.5) is 0 Å². The van der Waals surface area contributed by atoms with Crippen molar-refractivity contribution in [3.63, 3.8) is 0 Å². The van der Waals surface area contributed by atoms with E-state index in [-0.39, 0.29) is 5.54 Å². The van der Waals surface area contributed by atoms with Crippen molar-refractivity contribution < 1.29 is 0 Å². The smallest absolute Gasteiger partial charge is 0.0415 e. The fourth-order valence-electron chi connectivity index (χ4n) is 3.99. The van der Waals surface area contributed by atoms with Crippen LogP contribution in [0.5, 0.6) is 0 Å². The molecule has 118 valence electrons. The SMILES string of the molecule is CCC(CC)N(CC(C)C)C1(CN)Cc2ccccc2C1. The summed E-state index contributed by atoms with van der Waals surface area (Å²) in [5.41, 5.74) is 9.46. The maximum atomic E-state index is 6.33. The standard InChI is InChI=1S/C19H32N2/c1-5-18(6-2)21(13-15(3)4)19(14-20)11-16-9-7-8-10-17(16)12-19/h7-10,15,18H,5-6,11-14,20H2,1-4H3. The Labute approximate surface area is 130 Å². The number of rotatable bonds is 7. The molecule has 2 heteroatoms. The molecule has 0 saturated heterocycles. The molecule has 0 amide bonds. The Balaban J connectivity index is 2.32. The second kappa shape index (κ2) is 6.93. The van der Waals surface area contributed by atoms with E-state index in [0.717, 1.165) is 25.9 Å². The molecule has 0 unspecified atom stereocenters. The van der Waals surface area contributed by atoms with Gasteiger partial charge in [-0.3, -0.25) is 4.90 Å². The van der Waals surface area contributed by atoms with Gasteiger partial charge in [-0.2, -0.15) is 0 Å². The van der Waals surface area contributed by atoms with Gasteiger partial charge in [-0.05, 0) is 42.7 Å². The summed E-state index contributed by atoms with van der Waals surface area (Å²) in [7, 11) is 0. The molecule has 0 heterocycles. The highest BCUT2D eigenvalue weighted by Gasteiger charge is 2.43. The Morgan fingerprint density at radius 1 is 1.10 bits per heavy atom. The van der Waals surface area contributed by atoms with E-state index in [9.17, 15) is 0 Å². The first kappa shape index (κ1) is 16.5. The van der Waals surface area contributed by atoms with Crippen LogP contribution in [-0.4, -0.2) is 29.6 Å². The molecule has 1 aromatic carbocycles. The predicted octanol–water partition coefficient (Wildman–Crippen LogP) is 3.63. The molecule has 1 aromatic rings. The van der Waals surface area contributed by atoms with Crippen LogP contribution in [0, 0.1) is 5.92 Å². The maximum absolute atomic E-state index is 6.33. The van der Waals surface area contributed by atoms with Crippen LogP contribution in [0.3, 0.4) is 0 Å². The van der Waals surface area contributed by atoms with Gasteiger partial charge in [0.1, 0.15) is 0 Å². The van der Waals surface area contributed by atoms with Gasteiger partial charge < -0.3 is 5.73 Å². The first-order valence-electron chi connectivity index (χ1n) is 8.60. The van der Waals surface area contributed by atoms with E-state index >= 15 is 0 Å². The van der Waals surface area contributed by atoms with Gasteiger partial charge in [-0.1, -0.05) is 52.0 Å². The van der Waals surface area contributed by atoms with Crippen LogP contribution in [0.2, 0.25) is 0 Å². The van der Waals surface area contributed by atoms with E-state index in [0.29, 0.717) is 12.0 Å². The number of hydrogen-bond donors (Lipinski definition) is 1. The van der Waals surface area contributed by atoms with E-state index in [1.54, 1.807) is 0 Å². The second-order valence-corrected chi connectivity index (χ2v) is 7.07. The van der Waals surface area contributed by atoms with Gasteiger partial charge in [-0.15, -0.1) is 0 Å². The largest absolute Gasteiger partial charge is 0.329 e. The molecule has 0 saturated carbocycles. The van der Waals surface area contributed by atoms with Crippen LogP contribution < -0.4 is 5.73 Å². The minimum Gasteiger partial charge on any atom is -0.329 e. The first-order chi connectivity index (χ1) is 10.1. The molecule has 1 aliphatic rings. The molecule has 0 fully saturated rings. The minimum atomic E-state index is 0.130. The molecular formula is C19H32N2. The summed E-state index contributed by atoms with van der Waals surface area (Å²) in [6.07, 6.45) is 4.65. The Kier molecular flexibility index (Phi) is 5.45. The number of fused-ring (bicyclic) bond motifs is 1. The van der Waals surface area contributed by atoms with Crippen molar-refractivity contribution in [3.8, 4) is 0 Å². The highest BCUT2D eigenvalue weighted by Crippen LogP contribution is 2.36. The quantitative estimate of drug-likeness (QED) is 0.830. The lowest BCUT2D eigenvalue weighted by atomic mass is 9.89. The Morgan fingerprint density at radius 2 is 1.62 bits per heavy atom. The molecule has 0 bridgehead atoms. The molecule has 2 N–H and O–H groups in total. The van der Waals surface area contributed by atoms with Crippen LogP contribution in [0.25, 0.3) is 0 Å². The third kappa shape index (κ3) is 3.32. The van der Waals surface area contributed by atoms with Crippen LogP contribution in [-0.2, 0) is 12.8 Å². The van der Waals surface area contributed by atoms with Crippen molar-refractivity contribution in [2.24, 2.45) is 11.7 Å². The van der Waals surface area contributed by atoms with Crippen molar-refractivity contribution in [1.29, 1.82) is 0 Å². The maximum Gasteiger partial charge on any atom is 0.0415 e. The van der Waals surface area contributed by atoms with E-state index in [1.807, 2.05) is 0 Å². The fourth-order valence-corrected chi connectivity index (χ4v) is 3.99. The highest BCUT2D eigenvalue weighted by molar-refractivity contribution is 5.36. The highest BCUT2D eigenvalue weighted by atomic mass is 15.2. The summed E-state index contributed by atoms with van der Waals surface area (Å²) >= 11 is 0. The minimum absolute atomic E-state index is 0.130. The molecular weight excluding hydrogens is 256 g/mol. The van der Waals surface area contributed by atoms with Gasteiger partial charge in [0.25, 0.3) is 0 Å². The van der Waals surface area contributed by atoms with Crippen LogP contribution in [0.1, 0.15) is 51.7 Å². The molecule has 21 heavy (non-hydrogen) atoms. The number of nitrogens with two attached hydrogens (primary N) is 1. The molecule has 2 nitrogen and oxygen atoms in total. The number of hydrogen-bond acceptors (Lipinski definition) is 2. The number of nitrogens with zero attached hydrogens (tertiary/aromatic N) is 1. The zero-order valence-corrected chi connectivity index (χ0v) is 14.2. The van der Waals surface area contributed by atoms with Crippen molar-refractivity contribution in [2.75, 3.05) is 13.1 Å².